The van der Waals surface area contributed by atoms with Crippen molar-refractivity contribution in [1.82, 2.24) is 4.90 Å². The molecule has 2 aliphatic rings. The van der Waals surface area contributed by atoms with E-state index in [-0.39, 0.29) is 18.2 Å². The lowest BCUT2D eigenvalue weighted by atomic mass is 9.79. The van der Waals surface area contributed by atoms with Gasteiger partial charge in [0, 0.05) is 12.6 Å². The maximum absolute atomic E-state index is 12.0. The normalized spacial score (nSPS) is 25.6. The third-order valence-corrected chi connectivity index (χ3v) is 5.21. The van der Waals surface area contributed by atoms with E-state index in [9.17, 15) is 4.79 Å². The van der Waals surface area contributed by atoms with Gasteiger partial charge in [-0.15, -0.1) is 0 Å². The van der Waals surface area contributed by atoms with Gasteiger partial charge < -0.3 is 15.4 Å². The van der Waals surface area contributed by atoms with E-state index >= 15 is 0 Å². The van der Waals surface area contributed by atoms with E-state index in [4.69, 9.17) is 10.5 Å². The number of methoxy groups -OCH3 is 1. The maximum Gasteiger partial charge on any atom is 0.409 e. The average molecular weight is 302 g/mol. The monoisotopic (exact) mass is 302 g/mol. The molecule has 2 fully saturated rings. The molecule has 1 aliphatic heterocycles. The van der Waals surface area contributed by atoms with Gasteiger partial charge in [-0.05, 0) is 49.1 Å². The van der Waals surface area contributed by atoms with Crippen molar-refractivity contribution >= 4 is 6.09 Å². The molecule has 1 aromatic rings. The van der Waals surface area contributed by atoms with E-state index in [2.05, 4.69) is 24.3 Å². The van der Waals surface area contributed by atoms with Crippen LogP contribution in [0.25, 0.3) is 0 Å². The molecular formula is C18H26N2O2. The number of piperidine rings is 1. The minimum atomic E-state index is -0.254. The fraction of sp³-hybridized carbons (Fsp3) is 0.611. The molecule has 22 heavy (non-hydrogen) atoms. The topological polar surface area (TPSA) is 55.6 Å². The Morgan fingerprint density at radius 3 is 2.82 bits per heavy atom. The summed E-state index contributed by atoms with van der Waals surface area (Å²) in [6.45, 7) is 0.743. The molecule has 2 atom stereocenters. The Morgan fingerprint density at radius 1 is 1.32 bits per heavy atom. The zero-order chi connectivity index (χ0) is 15.5. The highest BCUT2D eigenvalue weighted by molar-refractivity contribution is 5.68. The molecule has 0 aromatic heterocycles. The number of hydrogen-bond donors (Lipinski definition) is 1. The molecule has 1 aliphatic carbocycles. The van der Waals surface area contributed by atoms with E-state index in [1.54, 1.807) is 0 Å². The van der Waals surface area contributed by atoms with Crippen LogP contribution < -0.4 is 5.73 Å². The zero-order valence-electron chi connectivity index (χ0n) is 13.3. The van der Waals surface area contributed by atoms with Crippen LogP contribution in [0.15, 0.2) is 24.3 Å². The van der Waals surface area contributed by atoms with E-state index in [1.807, 2.05) is 4.90 Å². The number of benzene rings is 1. The second-order valence-electron chi connectivity index (χ2n) is 6.61. The van der Waals surface area contributed by atoms with Crippen molar-refractivity contribution in [3.63, 3.8) is 0 Å². The second kappa shape index (κ2) is 6.69. The fourth-order valence-electron chi connectivity index (χ4n) is 3.65. The standard InChI is InChI=1S/C18H26N2O2/c1-22-18(21)20-10-4-9-16(19)17(20)12-13-5-2-8-15(11-13)14-6-3-7-14/h2,5,8,11,14,16-17H,3-4,6-7,9-10,12,19H2,1H3. The summed E-state index contributed by atoms with van der Waals surface area (Å²) in [6, 6.07) is 8.89. The van der Waals surface area contributed by atoms with E-state index in [0.717, 1.165) is 31.7 Å². The first kappa shape index (κ1) is 15.3. The van der Waals surface area contributed by atoms with Crippen LogP contribution in [0.5, 0.6) is 0 Å². The minimum Gasteiger partial charge on any atom is -0.453 e. The van der Waals surface area contributed by atoms with Crippen LogP contribution in [0.4, 0.5) is 4.79 Å². The van der Waals surface area contributed by atoms with Gasteiger partial charge in [-0.1, -0.05) is 30.7 Å². The number of carbonyl (C=O) groups excluding carboxylic acids is 1. The van der Waals surface area contributed by atoms with Gasteiger partial charge in [0.05, 0.1) is 13.2 Å². The number of likely N-dealkylation sites (tertiary alicyclic amines) is 1. The van der Waals surface area contributed by atoms with Gasteiger partial charge in [-0.25, -0.2) is 4.79 Å². The Morgan fingerprint density at radius 2 is 2.14 bits per heavy atom. The summed E-state index contributed by atoms with van der Waals surface area (Å²) in [5.74, 6) is 0.733. The summed E-state index contributed by atoms with van der Waals surface area (Å²) in [4.78, 5) is 13.8. The lowest BCUT2D eigenvalue weighted by Crippen LogP contribution is -2.55. The Balaban J connectivity index is 1.75. The number of nitrogens with two attached hydrogens (primary N) is 1. The molecule has 2 N–H and O–H groups in total. The van der Waals surface area contributed by atoms with Gasteiger partial charge in [-0.2, -0.15) is 0 Å². The van der Waals surface area contributed by atoms with Crippen molar-refractivity contribution in [2.24, 2.45) is 5.73 Å². The van der Waals surface area contributed by atoms with E-state index in [0.29, 0.717) is 0 Å². The quantitative estimate of drug-likeness (QED) is 0.933. The molecule has 1 saturated carbocycles. The van der Waals surface area contributed by atoms with Gasteiger partial charge in [0.2, 0.25) is 0 Å². The second-order valence-corrected chi connectivity index (χ2v) is 6.61. The molecule has 3 rings (SSSR count). The summed E-state index contributed by atoms with van der Waals surface area (Å²) < 4.78 is 4.93. The number of carbonyl (C=O) groups is 1. The van der Waals surface area contributed by atoms with E-state index < -0.39 is 0 Å². The summed E-state index contributed by atoms with van der Waals surface area (Å²) in [6.07, 6.45) is 6.45. The highest BCUT2D eigenvalue weighted by Crippen LogP contribution is 2.36. The Kier molecular flexibility index (Phi) is 4.67. The summed E-state index contributed by atoms with van der Waals surface area (Å²) in [7, 11) is 1.44. The van der Waals surface area contributed by atoms with Gasteiger partial charge in [-0.3, -0.25) is 0 Å². The first-order valence-electron chi connectivity index (χ1n) is 8.38. The number of ether oxygens (including phenoxy) is 1. The first-order chi connectivity index (χ1) is 10.7. The lowest BCUT2D eigenvalue weighted by molar-refractivity contribution is 0.0819. The third kappa shape index (κ3) is 3.12. The number of nitrogens with zero attached hydrogens (tertiary/aromatic N) is 1. The SMILES string of the molecule is COC(=O)N1CCCC(N)C1Cc1cccc(C2CCC2)c1. The highest BCUT2D eigenvalue weighted by atomic mass is 16.5. The van der Waals surface area contributed by atoms with Crippen molar-refractivity contribution in [2.45, 2.75) is 56.5 Å². The fourth-order valence-corrected chi connectivity index (χ4v) is 3.65. The van der Waals surface area contributed by atoms with Crippen LogP contribution in [0, 0.1) is 0 Å². The smallest absolute Gasteiger partial charge is 0.409 e. The van der Waals surface area contributed by atoms with E-state index in [1.165, 1.54) is 37.5 Å². The van der Waals surface area contributed by atoms with Crippen LogP contribution in [0.3, 0.4) is 0 Å². The summed E-state index contributed by atoms with van der Waals surface area (Å²) in [5.41, 5.74) is 9.02. The summed E-state index contributed by atoms with van der Waals surface area (Å²) >= 11 is 0. The lowest BCUT2D eigenvalue weighted by Gasteiger charge is -2.39. The van der Waals surface area contributed by atoms with Crippen LogP contribution in [0.1, 0.15) is 49.1 Å². The number of amides is 1. The van der Waals surface area contributed by atoms with Crippen LogP contribution in [-0.2, 0) is 11.2 Å². The van der Waals surface area contributed by atoms with Crippen molar-refractivity contribution in [3.05, 3.63) is 35.4 Å². The molecule has 0 bridgehead atoms. The molecule has 4 nitrogen and oxygen atoms in total. The van der Waals surface area contributed by atoms with Gasteiger partial charge in [0.15, 0.2) is 0 Å². The Hall–Kier alpha value is -1.55. The number of rotatable bonds is 3. The first-order valence-corrected chi connectivity index (χ1v) is 8.38. The van der Waals surface area contributed by atoms with Crippen LogP contribution >= 0.6 is 0 Å². The molecule has 0 spiro atoms. The largest absolute Gasteiger partial charge is 0.453 e. The average Bonchev–Trinajstić information content (AvgIpc) is 2.47. The maximum atomic E-state index is 12.0. The summed E-state index contributed by atoms with van der Waals surface area (Å²) in [5, 5.41) is 0. The molecule has 1 aromatic carbocycles. The predicted molar refractivity (Wildman–Crippen MR) is 86.8 cm³/mol. The molecule has 2 unspecified atom stereocenters. The molecule has 1 amide bonds. The number of hydrogen-bond acceptors (Lipinski definition) is 3. The predicted octanol–water partition coefficient (Wildman–Crippen LogP) is 3.05. The molecule has 1 heterocycles. The minimum absolute atomic E-state index is 0.0280. The molecule has 120 valence electrons. The van der Waals surface area contributed by atoms with Gasteiger partial charge in [0.1, 0.15) is 0 Å². The van der Waals surface area contributed by atoms with Crippen molar-refractivity contribution in [2.75, 3.05) is 13.7 Å². The molecule has 0 radical (unpaired) electrons. The van der Waals surface area contributed by atoms with Crippen LogP contribution in [0.2, 0.25) is 0 Å². The van der Waals surface area contributed by atoms with Crippen molar-refractivity contribution in [1.29, 1.82) is 0 Å². The highest BCUT2D eigenvalue weighted by Gasteiger charge is 2.33. The van der Waals surface area contributed by atoms with Gasteiger partial charge >= 0.3 is 6.09 Å². The van der Waals surface area contributed by atoms with Crippen molar-refractivity contribution < 1.29 is 9.53 Å². The Labute approximate surface area is 132 Å². The van der Waals surface area contributed by atoms with Gasteiger partial charge in [0.25, 0.3) is 0 Å². The Bertz CT molecular complexity index is 528. The van der Waals surface area contributed by atoms with Crippen LogP contribution in [-0.4, -0.2) is 36.7 Å². The molecule has 1 saturated heterocycles. The molecular weight excluding hydrogens is 276 g/mol. The third-order valence-electron chi connectivity index (χ3n) is 5.21. The zero-order valence-corrected chi connectivity index (χ0v) is 13.3. The molecule has 4 heteroatoms. The van der Waals surface area contributed by atoms with Crippen molar-refractivity contribution in [3.8, 4) is 0 Å².